The molecule has 1 aromatic rings. The molecule has 0 saturated heterocycles. The van der Waals surface area contributed by atoms with E-state index in [0.717, 1.165) is 23.9 Å². The number of non-ortho nitro benzene ring substituents is 1. The SMILES string of the molecule is O=[N+]([O-])c1cccc(COCCOCCCCCBr)c1. The minimum absolute atomic E-state index is 0.0918. The van der Waals surface area contributed by atoms with E-state index < -0.39 is 4.92 Å². The van der Waals surface area contributed by atoms with E-state index in [4.69, 9.17) is 9.47 Å². The van der Waals surface area contributed by atoms with Crippen LogP contribution in [-0.4, -0.2) is 30.1 Å². The first kappa shape index (κ1) is 17.1. The average Bonchev–Trinajstić information content (AvgIpc) is 2.46. The Labute approximate surface area is 127 Å². The fraction of sp³-hybridized carbons (Fsp3) is 0.571. The van der Waals surface area contributed by atoms with Gasteiger partial charge in [0, 0.05) is 24.1 Å². The topological polar surface area (TPSA) is 61.6 Å². The molecule has 0 aromatic heterocycles. The molecule has 112 valence electrons. The fourth-order valence-corrected chi connectivity index (χ4v) is 2.04. The minimum Gasteiger partial charge on any atom is -0.379 e. The smallest absolute Gasteiger partial charge is 0.269 e. The van der Waals surface area contributed by atoms with Crippen LogP contribution in [0.25, 0.3) is 0 Å². The lowest BCUT2D eigenvalue weighted by Gasteiger charge is -2.06. The van der Waals surface area contributed by atoms with Crippen LogP contribution in [0.4, 0.5) is 5.69 Å². The van der Waals surface area contributed by atoms with Gasteiger partial charge in [0.05, 0.1) is 24.7 Å². The summed E-state index contributed by atoms with van der Waals surface area (Å²) in [6, 6.07) is 6.48. The van der Waals surface area contributed by atoms with Crippen molar-refractivity contribution in [1.29, 1.82) is 0 Å². The van der Waals surface area contributed by atoms with Crippen molar-refractivity contribution in [2.45, 2.75) is 25.9 Å². The Kier molecular flexibility index (Phi) is 9.19. The number of halogens is 1. The highest BCUT2D eigenvalue weighted by molar-refractivity contribution is 9.09. The molecule has 1 aromatic carbocycles. The Hall–Kier alpha value is -0.980. The van der Waals surface area contributed by atoms with E-state index in [2.05, 4.69) is 15.9 Å². The largest absolute Gasteiger partial charge is 0.379 e. The third-order valence-electron chi connectivity index (χ3n) is 2.68. The Balaban J connectivity index is 2.06. The number of hydrogen-bond acceptors (Lipinski definition) is 4. The van der Waals surface area contributed by atoms with E-state index >= 15 is 0 Å². The summed E-state index contributed by atoms with van der Waals surface area (Å²) in [4.78, 5) is 10.2. The maximum atomic E-state index is 10.6. The summed E-state index contributed by atoms with van der Waals surface area (Å²) in [6.45, 7) is 2.19. The maximum absolute atomic E-state index is 10.6. The lowest BCUT2D eigenvalue weighted by molar-refractivity contribution is -0.384. The molecule has 0 bridgehead atoms. The van der Waals surface area contributed by atoms with Crippen molar-refractivity contribution in [2.75, 3.05) is 25.2 Å². The van der Waals surface area contributed by atoms with Gasteiger partial charge in [-0.1, -0.05) is 34.5 Å². The van der Waals surface area contributed by atoms with Crippen LogP contribution < -0.4 is 0 Å². The molecule has 1 rings (SSSR count). The molecule has 0 unspecified atom stereocenters. The van der Waals surface area contributed by atoms with E-state index in [1.165, 1.54) is 25.0 Å². The van der Waals surface area contributed by atoms with Gasteiger partial charge in [0.2, 0.25) is 0 Å². The molecule has 0 N–H and O–H groups in total. The number of alkyl halides is 1. The molecule has 0 spiro atoms. The van der Waals surface area contributed by atoms with Crippen LogP contribution in [0.15, 0.2) is 24.3 Å². The zero-order valence-corrected chi connectivity index (χ0v) is 13.0. The number of hydrogen-bond donors (Lipinski definition) is 0. The second-order valence-electron chi connectivity index (χ2n) is 4.34. The number of nitro groups is 1. The van der Waals surface area contributed by atoms with Gasteiger partial charge in [-0.2, -0.15) is 0 Å². The van der Waals surface area contributed by atoms with Gasteiger partial charge in [0.15, 0.2) is 0 Å². The molecule has 0 saturated carbocycles. The Morgan fingerprint density at radius 2 is 1.90 bits per heavy atom. The van der Waals surface area contributed by atoms with Gasteiger partial charge in [-0.25, -0.2) is 0 Å². The summed E-state index contributed by atoms with van der Waals surface area (Å²) in [5, 5.41) is 11.7. The van der Waals surface area contributed by atoms with Gasteiger partial charge in [0.1, 0.15) is 0 Å². The van der Waals surface area contributed by atoms with Gasteiger partial charge in [-0.15, -0.1) is 0 Å². The monoisotopic (exact) mass is 345 g/mol. The third kappa shape index (κ3) is 7.57. The second kappa shape index (κ2) is 10.8. The lowest BCUT2D eigenvalue weighted by Crippen LogP contribution is -2.05. The Morgan fingerprint density at radius 1 is 1.10 bits per heavy atom. The van der Waals surface area contributed by atoms with Crippen molar-refractivity contribution in [1.82, 2.24) is 0 Å². The molecule has 0 radical (unpaired) electrons. The Morgan fingerprint density at radius 3 is 2.65 bits per heavy atom. The molecule has 0 aliphatic carbocycles. The fourth-order valence-electron chi connectivity index (χ4n) is 1.65. The molecule has 20 heavy (non-hydrogen) atoms. The van der Waals surface area contributed by atoms with E-state index in [1.54, 1.807) is 6.07 Å². The van der Waals surface area contributed by atoms with E-state index in [1.807, 2.05) is 6.07 Å². The molecule has 0 heterocycles. The van der Waals surface area contributed by atoms with Crippen LogP contribution in [0.3, 0.4) is 0 Å². The first-order valence-corrected chi connectivity index (χ1v) is 7.81. The van der Waals surface area contributed by atoms with Crippen LogP contribution in [0.5, 0.6) is 0 Å². The summed E-state index contributed by atoms with van der Waals surface area (Å²) >= 11 is 3.39. The van der Waals surface area contributed by atoms with E-state index in [-0.39, 0.29) is 5.69 Å². The van der Waals surface area contributed by atoms with Crippen LogP contribution in [0.1, 0.15) is 24.8 Å². The summed E-state index contributed by atoms with van der Waals surface area (Å²) in [7, 11) is 0. The van der Waals surface area contributed by atoms with Gasteiger partial charge in [-0.3, -0.25) is 10.1 Å². The molecular formula is C14H20BrNO4. The zero-order chi connectivity index (χ0) is 14.6. The first-order chi connectivity index (χ1) is 9.74. The van der Waals surface area contributed by atoms with Crippen LogP contribution in [0, 0.1) is 10.1 Å². The van der Waals surface area contributed by atoms with Gasteiger partial charge < -0.3 is 9.47 Å². The van der Waals surface area contributed by atoms with Gasteiger partial charge in [0.25, 0.3) is 5.69 Å². The number of rotatable bonds is 11. The zero-order valence-electron chi connectivity index (χ0n) is 11.4. The second-order valence-corrected chi connectivity index (χ2v) is 5.13. The first-order valence-electron chi connectivity index (χ1n) is 6.69. The molecule has 0 aliphatic rings. The van der Waals surface area contributed by atoms with Crippen molar-refractivity contribution < 1.29 is 14.4 Å². The Bertz CT molecular complexity index is 401. The number of ether oxygens (including phenoxy) is 2. The third-order valence-corrected chi connectivity index (χ3v) is 3.25. The predicted molar refractivity (Wildman–Crippen MR) is 81.2 cm³/mol. The quantitative estimate of drug-likeness (QED) is 0.265. The molecule has 0 fully saturated rings. The lowest BCUT2D eigenvalue weighted by atomic mass is 10.2. The molecule has 0 atom stereocenters. The minimum atomic E-state index is -0.403. The summed E-state index contributed by atoms with van der Waals surface area (Å²) in [5.74, 6) is 0. The van der Waals surface area contributed by atoms with E-state index in [9.17, 15) is 10.1 Å². The molecule has 5 nitrogen and oxygen atoms in total. The van der Waals surface area contributed by atoms with Crippen molar-refractivity contribution in [3.63, 3.8) is 0 Å². The summed E-state index contributed by atoms with van der Waals surface area (Å²) in [5.41, 5.74) is 0.894. The van der Waals surface area contributed by atoms with Crippen LogP contribution in [-0.2, 0) is 16.1 Å². The summed E-state index contributed by atoms with van der Waals surface area (Å²) < 4.78 is 10.9. The summed E-state index contributed by atoms with van der Waals surface area (Å²) in [6.07, 6.45) is 3.41. The number of nitro benzene ring substituents is 1. The van der Waals surface area contributed by atoms with Crippen molar-refractivity contribution in [3.05, 3.63) is 39.9 Å². The molecular weight excluding hydrogens is 326 g/mol. The molecule has 0 amide bonds. The van der Waals surface area contributed by atoms with Crippen molar-refractivity contribution in [3.8, 4) is 0 Å². The highest BCUT2D eigenvalue weighted by Gasteiger charge is 2.05. The molecule has 6 heteroatoms. The van der Waals surface area contributed by atoms with Crippen LogP contribution in [0.2, 0.25) is 0 Å². The number of unbranched alkanes of at least 4 members (excludes halogenated alkanes) is 2. The van der Waals surface area contributed by atoms with Gasteiger partial charge >= 0.3 is 0 Å². The predicted octanol–water partition coefficient (Wildman–Crippen LogP) is 3.69. The molecule has 0 aliphatic heterocycles. The average molecular weight is 346 g/mol. The van der Waals surface area contributed by atoms with Crippen molar-refractivity contribution in [2.24, 2.45) is 0 Å². The highest BCUT2D eigenvalue weighted by Crippen LogP contribution is 2.13. The van der Waals surface area contributed by atoms with Gasteiger partial charge in [-0.05, 0) is 18.4 Å². The highest BCUT2D eigenvalue weighted by atomic mass is 79.9. The van der Waals surface area contributed by atoms with E-state index in [0.29, 0.717) is 19.8 Å². The number of benzene rings is 1. The normalized spacial score (nSPS) is 10.7. The number of nitrogens with zero attached hydrogens (tertiary/aromatic N) is 1. The maximum Gasteiger partial charge on any atom is 0.269 e. The standard InChI is InChI=1S/C14H20BrNO4/c15-7-2-1-3-8-19-9-10-20-12-13-5-4-6-14(11-13)16(17)18/h4-6,11H,1-3,7-10,12H2. The van der Waals surface area contributed by atoms with Crippen LogP contribution >= 0.6 is 15.9 Å². The van der Waals surface area contributed by atoms with Crippen molar-refractivity contribution >= 4 is 21.6 Å².